The summed E-state index contributed by atoms with van der Waals surface area (Å²) >= 11 is 0. The van der Waals surface area contributed by atoms with E-state index in [1.54, 1.807) is 26.2 Å². The van der Waals surface area contributed by atoms with Crippen LogP contribution in [0.5, 0.6) is 5.75 Å². The number of hydrogen-bond acceptors (Lipinski definition) is 5. The number of aromatic nitrogens is 2. The highest BCUT2D eigenvalue weighted by Crippen LogP contribution is 2.24. The molecule has 134 valence electrons. The van der Waals surface area contributed by atoms with E-state index in [9.17, 15) is 9.59 Å². The summed E-state index contributed by atoms with van der Waals surface area (Å²) in [6, 6.07) is 12.2. The quantitative estimate of drug-likeness (QED) is 0.709. The van der Waals surface area contributed by atoms with Gasteiger partial charge in [0.2, 0.25) is 0 Å². The van der Waals surface area contributed by atoms with Crippen molar-refractivity contribution in [2.45, 2.75) is 13.3 Å². The number of ether oxygens (including phenoxy) is 1. The highest BCUT2D eigenvalue weighted by atomic mass is 16.5. The lowest BCUT2D eigenvalue weighted by molar-refractivity contribution is 0.0927. The third-order valence-corrected chi connectivity index (χ3v) is 3.77. The predicted molar refractivity (Wildman–Crippen MR) is 96.3 cm³/mol. The Labute approximate surface area is 150 Å². The lowest BCUT2D eigenvalue weighted by Crippen LogP contribution is -2.26. The van der Waals surface area contributed by atoms with Crippen molar-refractivity contribution in [3.05, 3.63) is 70.1 Å². The average molecular weight is 353 g/mol. The minimum atomic E-state index is -0.320. The van der Waals surface area contributed by atoms with Gasteiger partial charge in [-0.15, -0.1) is 0 Å². The number of aromatic amines is 1. The molecule has 0 aliphatic carbocycles. The van der Waals surface area contributed by atoms with E-state index in [0.29, 0.717) is 30.2 Å². The van der Waals surface area contributed by atoms with Gasteiger partial charge in [0, 0.05) is 30.3 Å². The molecular formula is C19H19N3O4. The zero-order valence-corrected chi connectivity index (χ0v) is 14.5. The number of carbonyl (C=O) groups is 1. The highest BCUT2D eigenvalue weighted by molar-refractivity contribution is 5.92. The van der Waals surface area contributed by atoms with Crippen molar-refractivity contribution < 1.29 is 13.9 Å². The molecular weight excluding hydrogens is 334 g/mol. The minimum absolute atomic E-state index is 0.200. The van der Waals surface area contributed by atoms with Gasteiger partial charge in [0.1, 0.15) is 17.3 Å². The van der Waals surface area contributed by atoms with E-state index in [1.165, 1.54) is 6.07 Å². The smallest absolute Gasteiger partial charge is 0.287 e. The molecule has 2 N–H and O–H groups in total. The lowest BCUT2D eigenvalue weighted by Gasteiger charge is -2.04. The molecule has 0 saturated heterocycles. The van der Waals surface area contributed by atoms with E-state index < -0.39 is 0 Å². The van der Waals surface area contributed by atoms with Crippen molar-refractivity contribution in [1.29, 1.82) is 0 Å². The van der Waals surface area contributed by atoms with Crippen molar-refractivity contribution in [3.8, 4) is 17.1 Å². The molecule has 3 aromatic rings. The number of carbonyl (C=O) groups excluding carboxylic acids is 1. The van der Waals surface area contributed by atoms with Gasteiger partial charge < -0.3 is 19.5 Å². The molecule has 3 rings (SSSR count). The summed E-state index contributed by atoms with van der Waals surface area (Å²) in [5.74, 6) is 1.79. The van der Waals surface area contributed by atoms with Crippen LogP contribution in [0.15, 0.2) is 51.7 Å². The zero-order chi connectivity index (χ0) is 18.5. The number of H-pyrrole nitrogens is 1. The number of rotatable bonds is 6. The second-order valence-electron chi connectivity index (χ2n) is 5.73. The van der Waals surface area contributed by atoms with Gasteiger partial charge in [-0.25, -0.2) is 4.98 Å². The van der Waals surface area contributed by atoms with Gasteiger partial charge in [-0.3, -0.25) is 9.59 Å². The van der Waals surface area contributed by atoms with E-state index in [0.717, 1.165) is 11.3 Å². The first-order valence-electron chi connectivity index (χ1n) is 8.14. The Kier molecular flexibility index (Phi) is 5.17. The highest BCUT2D eigenvalue weighted by Gasteiger charge is 2.12. The fourth-order valence-corrected chi connectivity index (χ4v) is 2.51. The topological polar surface area (TPSA) is 97.2 Å². The summed E-state index contributed by atoms with van der Waals surface area (Å²) in [5, 5.41) is 2.75. The van der Waals surface area contributed by atoms with Gasteiger partial charge in [0.25, 0.3) is 11.5 Å². The van der Waals surface area contributed by atoms with Crippen LogP contribution in [0, 0.1) is 6.92 Å². The van der Waals surface area contributed by atoms with Crippen LogP contribution in [0.1, 0.15) is 22.1 Å². The molecule has 0 radical (unpaired) electrons. The van der Waals surface area contributed by atoms with Gasteiger partial charge in [-0.05, 0) is 43.3 Å². The molecule has 0 saturated carbocycles. The molecule has 0 unspecified atom stereocenters. The molecule has 0 aliphatic rings. The summed E-state index contributed by atoms with van der Waals surface area (Å²) in [5.41, 5.74) is 1.30. The third-order valence-electron chi connectivity index (χ3n) is 3.77. The van der Waals surface area contributed by atoms with Gasteiger partial charge in [-0.2, -0.15) is 0 Å². The fourth-order valence-electron chi connectivity index (χ4n) is 2.51. The molecule has 0 atom stereocenters. The molecule has 0 bridgehead atoms. The normalized spacial score (nSPS) is 10.5. The van der Waals surface area contributed by atoms with Crippen LogP contribution in [0.25, 0.3) is 11.3 Å². The standard InChI is InChI=1S/C19H19N3O4/c1-12-11-18(23)22-17(21-12)9-10-20-19(24)16-8-7-15(26-16)13-3-5-14(25-2)6-4-13/h3-8,11H,9-10H2,1-2H3,(H,20,24)(H,21,22,23). The molecule has 2 heterocycles. The van der Waals surface area contributed by atoms with E-state index in [1.807, 2.05) is 24.3 Å². The van der Waals surface area contributed by atoms with E-state index >= 15 is 0 Å². The number of hydrogen-bond donors (Lipinski definition) is 2. The van der Waals surface area contributed by atoms with Crippen LogP contribution in [-0.4, -0.2) is 29.5 Å². The molecule has 7 heteroatoms. The van der Waals surface area contributed by atoms with Crippen molar-refractivity contribution in [2.75, 3.05) is 13.7 Å². The summed E-state index contributed by atoms with van der Waals surface area (Å²) in [6.07, 6.45) is 0.425. The van der Waals surface area contributed by atoms with Crippen LogP contribution in [0.2, 0.25) is 0 Å². The van der Waals surface area contributed by atoms with Crippen molar-refractivity contribution in [1.82, 2.24) is 15.3 Å². The maximum Gasteiger partial charge on any atom is 0.287 e. The number of nitrogens with zero attached hydrogens (tertiary/aromatic N) is 1. The van der Waals surface area contributed by atoms with Crippen molar-refractivity contribution >= 4 is 5.91 Å². The average Bonchev–Trinajstić information content (AvgIpc) is 3.11. The van der Waals surface area contributed by atoms with Crippen molar-refractivity contribution in [3.63, 3.8) is 0 Å². The SMILES string of the molecule is COc1ccc(-c2ccc(C(=O)NCCc3nc(C)cc(=O)[nH]3)o2)cc1. The number of methoxy groups -OCH3 is 1. The van der Waals surface area contributed by atoms with E-state index in [2.05, 4.69) is 15.3 Å². The largest absolute Gasteiger partial charge is 0.497 e. The summed E-state index contributed by atoms with van der Waals surface area (Å²) < 4.78 is 10.7. The van der Waals surface area contributed by atoms with Crippen LogP contribution in [-0.2, 0) is 6.42 Å². The maximum atomic E-state index is 12.2. The van der Waals surface area contributed by atoms with Crippen LogP contribution in [0.3, 0.4) is 0 Å². The maximum absolute atomic E-state index is 12.2. The number of aryl methyl sites for hydroxylation is 1. The fraction of sp³-hybridized carbons (Fsp3) is 0.211. The van der Waals surface area contributed by atoms with Gasteiger partial charge >= 0.3 is 0 Å². The van der Waals surface area contributed by atoms with Crippen LogP contribution < -0.4 is 15.6 Å². The number of benzene rings is 1. The minimum Gasteiger partial charge on any atom is -0.497 e. The molecule has 0 aliphatic heterocycles. The molecule has 0 fully saturated rings. The monoisotopic (exact) mass is 353 g/mol. The summed E-state index contributed by atoms with van der Waals surface area (Å²) in [7, 11) is 1.60. The first-order valence-corrected chi connectivity index (χ1v) is 8.14. The Morgan fingerprint density at radius 1 is 1.23 bits per heavy atom. The van der Waals surface area contributed by atoms with Gasteiger partial charge in [0.15, 0.2) is 5.76 Å². The van der Waals surface area contributed by atoms with E-state index in [4.69, 9.17) is 9.15 Å². The van der Waals surface area contributed by atoms with Crippen LogP contribution in [0.4, 0.5) is 0 Å². The first-order chi connectivity index (χ1) is 12.5. The number of nitrogens with one attached hydrogen (secondary N) is 2. The second-order valence-corrected chi connectivity index (χ2v) is 5.73. The summed E-state index contributed by atoms with van der Waals surface area (Å²) in [4.78, 5) is 30.5. The molecule has 0 spiro atoms. The van der Waals surface area contributed by atoms with Crippen molar-refractivity contribution in [2.24, 2.45) is 0 Å². The Balaban J connectivity index is 1.60. The van der Waals surface area contributed by atoms with Gasteiger partial charge in [0.05, 0.1) is 7.11 Å². The lowest BCUT2D eigenvalue weighted by atomic mass is 10.2. The molecule has 7 nitrogen and oxygen atoms in total. The van der Waals surface area contributed by atoms with E-state index in [-0.39, 0.29) is 17.2 Å². The third kappa shape index (κ3) is 4.18. The molecule has 1 amide bonds. The summed E-state index contributed by atoms with van der Waals surface area (Å²) in [6.45, 7) is 2.09. The van der Waals surface area contributed by atoms with Gasteiger partial charge in [-0.1, -0.05) is 0 Å². The Hall–Kier alpha value is -3.35. The second kappa shape index (κ2) is 7.69. The molecule has 2 aromatic heterocycles. The van der Waals surface area contributed by atoms with Crippen LogP contribution >= 0.6 is 0 Å². The molecule has 26 heavy (non-hydrogen) atoms. The Morgan fingerprint density at radius 2 is 2.00 bits per heavy atom. The zero-order valence-electron chi connectivity index (χ0n) is 14.5. The predicted octanol–water partition coefficient (Wildman–Crippen LogP) is 2.32. The Morgan fingerprint density at radius 3 is 2.69 bits per heavy atom. The molecule has 1 aromatic carbocycles. The Bertz CT molecular complexity index is 957. The number of amides is 1. The first kappa shape index (κ1) is 17.5. The number of furan rings is 1.